The summed E-state index contributed by atoms with van der Waals surface area (Å²) in [5, 5.41) is 0. The largest absolute Gasteiger partial charge is 0.448 e. The smallest absolute Gasteiger partial charge is 0.410 e. The van der Waals surface area contributed by atoms with Crippen molar-refractivity contribution in [3.8, 4) is 16.9 Å². The second-order valence-electron chi connectivity index (χ2n) is 8.48. The minimum Gasteiger partial charge on any atom is -0.448 e. The Morgan fingerprint density at radius 2 is 1.33 bits per heavy atom. The molecule has 1 unspecified atom stereocenters. The number of carbonyl (C=O) groups excluding carboxylic acids is 2. The van der Waals surface area contributed by atoms with Gasteiger partial charge in [0.05, 0.1) is 0 Å². The molecule has 3 aromatic carbocycles. The number of nitrogens with zero attached hydrogens (tertiary/aromatic N) is 1. The van der Waals surface area contributed by atoms with Gasteiger partial charge >= 0.3 is 12.1 Å². The summed E-state index contributed by atoms with van der Waals surface area (Å²) in [6.07, 6.45) is -0.437. The summed E-state index contributed by atoms with van der Waals surface area (Å²) in [6.45, 7) is 0.0658. The molecule has 0 bridgehead atoms. The molecule has 5 nitrogen and oxygen atoms in total. The number of benzene rings is 3. The van der Waals surface area contributed by atoms with Crippen LogP contribution in [0, 0.1) is 29.1 Å². The molecule has 1 aliphatic carbocycles. The summed E-state index contributed by atoms with van der Waals surface area (Å²) in [7, 11) is 0. The van der Waals surface area contributed by atoms with Gasteiger partial charge in [-0.3, -0.25) is 4.90 Å². The van der Waals surface area contributed by atoms with Crippen LogP contribution in [0.3, 0.4) is 0 Å². The minimum absolute atomic E-state index is 0.0250. The van der Waals surface area contributed by atoms with Gasteiger partial charge in [-0.25, -0.2) is 22.8 Å². The minimum atomic E-state index is -2.37. The number of amides is 1. The van der Waals surface area contributed by atoms with Crippen LogP contribution in [0.5, 0.6) is 5.75 Å². The van der Waals surface area contributed by atoms with E-state index in [0.29, 0.717) is 6.42 Å². The second-order valence-corrected chi connectivity index (χ2v) is 8.48. The molecule has 186 valence electrons. The summed E-state index contributed by atoms with van der Waals surface area (Å²) in [5.74, 6) is -14.7. The Morgan fingerprint density at radius 1 is 0.806 bits per heavy atom. The Morgan fingerprint density at radius 3 is 1.92 bits per heavy atom. The topological polar surface area (TPSA) is 55.8 Å². The molecule has 10 heteroatoms. The Balaban J connectivity index is 1.31. The number of hydrogen-bond acceptors (Lipinski definition) is 4. The predicted octanol–water partition coefficient (Wildman–Crippen LogP) is 5.70. The maximum atomic E-state index is 13.9. The van der Waals surface area contributed by atoms with Crippen molar-refractivity contribution >= 4 is 12.1 Å². The van der Waals surface area contributed by atoms with Crippen LogP contribution in [0.15, 0.2) is 48.5 Å². The lowest BCUT2D eigenvalue weighted by molar-refractivity contribution is -0.139. The average Bonchev–Trinajstić information content (AvgIpc) is 3.51. The molecule has 0 radical (unpaired) electrons. The fraction of sp³-hybridized carbons (Fsp3) is 0.231. The quantitative estimate of drug-likeness (QED) is 0.151. The van der Waals surface area contributed by atoms with E-state index in [9.17, 15) is 31.5 Å². The monoisotopic (exact) mass is 503 g/mol. The molecule has 1 atom stereocenters. The molecular formula is C26H18F5NO4. The van der Waals surface area contributed by atoms with Gasteiger partial charge in [0.25, 0.3) is 0 Å². The van der Waals surface area contributed by atoms with Crippen molar-refractivity contribution in [2.24, 2.45) is 0 Å². The van der Waals surface area contributed by atoms with Gasteiger partial charge in [0, 0.05) is 12.5 Å². The molecule has 1 fully saturated rings. The first-order chi connectivity index (χ1) is 17.3. The van der Waals surface area contributed by atoms with E-state index in [0.717, 1.165) is 27.2 Å². The first kappa shape index (κ1) is 23.8. The lowest BCUT2D eigenvalue weighted by atomic mass is 9.98. The van der Waals surface area contributed by atoms with E-state index < -0.39 is 52.9 Å². The van der Waals surface area contributed by atoms with Gasteiger partial charge in [-0.2, -0.15) is 8.78 Å². The van der Waals surface area contributed by atoms with Crippen molar-refractivity contribution in [3.63, 3.8) is 0 Å². The molecule has 1 saturated heterocycles. The van der Waals surface area contributed by atoms with Crippen LogP contribution in [-0.4, -0.2) is 36.2 Å². The van der Waals surface area contributed by atoms with E-state index in [1.54, 1.807) is 0 Å². The number of likely N-dealkylation sites (tertiary alicyclic amines) is 1. The number of halogens is 5. The van der Waals surface area contributed by atoms with Crippen LogP contribution in [0.2, 0.25) is 0 Å². The highest BCUT2D eigenvalue weighted by Gasteiger charge is 2.39. The highest BCUT2D eigenvalue weighted by atomic mass is 19.2. The maximum Gasteiger partial charge on any atom is 0.410 e. The number of hydrogen-bond donors (Lipinski definition) is 0. The number of ether oxygens (including phenoxy) is 2. The summed E-state index contributed by atoms with van der Waals surface area (Å²) < 4.78 is 78.1. The normalized spacial score (nSPS) is 16.6. The molecule has 0 spiro atoms. The summed E-state index contributed by atoms with van der Waals surface area (Å²) in [5.41, 5.74) is 4.02. The van der Waals surface area contributed by atoms with Crippen molar-refractivity contribution in [2.75, 3.05) is 13.2 Å². The molecule has 3 aromatic rings. The lowest BCUT2D eigenvalue weighted by Crippen LogP contribution is -2.43. The van der Waals surface area contributed by atoms with Crippen LogP contribution < -0.4 is 4.74 Å². The summed E-state index contributed by atoms with van der Waals surface area (Å²) in [4.78, 5) is 26.5. The molecule has 36 heavy (non-hydrogen) atoms. The van der Waals surface area contributed by atoms with Crippen molar-refractivity contribution in [2.45, 2.75) is 24.8 Å². The van der Waals surface area contributed by atoms with Gasteiger partial charge in [0.15, 0.2) is 0 Å². The number of esters is 1. The molecule has 0 aromatic heterocycles. The zero-order chi connectivity index (χ0) is 25.6. The van der Waals surface area contributed by atoms with Crippen LogP contribution in [-0.2, 0) is 9.53 Å². The van der Waals surface area contributed by atoms with Gasteiger partial charge in [-0.15, -0.1) is 0 Å². The molecule has 0 saturated carbocycles. The first-order valence-corrected chi connectivity index (χ1v) is 11.1. The Hall–Kier alpha value is -3.95. The number of rotatable bonds is 4. The Labute approximate surface area is 202 Å². The van der Waals surface area contributed by atoms with Crippen molar-refractivity contribution < 1.29 is 41.0 Å². The van der Waals surface area contributed by atoms with Crippen LogP contribution in [0.1, 0.15) is 29.9 Å². The SMILES string of the molecule is O=C(Oc1c(F)c(F)c(F)c(F)c1F)C1CCCN1C(=O)OCC1c2ccccc2-c2ccccc21. The highest BCUT2D eigenvalue weighted by molar-refractivity contribution is 5.84. The molecule has 2 aliphatic rings. The van der Waals surface area contributed by atoms with Crippen LogP contribution in [0.25, 0.3) is 11.1 Å². The fourth-order valence-electron chi connectivity index (χ4n) is 4.75. The van der Waals surface area contributed by atoms with Gasteiger partial charge in [-0.1, -0.05) is 48.5 Å². The molecular weight excluding hydrogens is 485 g/mol. The van der Waals surface area contributed by atoms with E-state index in [2.05, 4.69) is 4.74 Å². The molecule has 1 heterocycles. The Kier molecular flexibility index (Phi) is 6.11. The predicted molar refractivity (Wildman–Crippen MR) is 117 cm³/mol. The van der Waals surface area contributed by atoms with E-state index in [-0.39, 0.29) is 25.5 Å². The van der Waals surface area contributed by atoms with E-state index >= 15 is 0 Å². The van der Waals surface area contributed by atoms with E-state index in [1.165, 1.54) is 0 Å². The highest BCUT2D eigenvalue weighted by Crippen LogP contribution is 2.44. The third kappa shape index (κ3) is 3.86. The average molecular weight is 503 g/mol. The van der Waals surface area contributed by atoms with Crippen LogP contribution in [0.4, 0.5) is 26.7 Å². The van der Waals surface area contributed by atoms with E-state index in [4.69, 9.17) is 4.74 Å². The summed E-state index contributed by atoms with van der Waals surface area (Å²) >= 11 is 0. The van der Waals surface area contributed by atoms with Gasteiger partial charge in [0.1, 0.15) is 12.6 Å². The molecule has 1 aliphatic heterocycles. The van der Waals surface area contributed by atoms with E-state index in [1.807, 2.05) is 48.5 Å². The van der Waals surface area contributed by atoms with Crippen molar-refractivity contribution in [1.29, 1.82) is 0 Å². The van der Waals surface area contributed by atoms with Crippen molar-refractivity contribution in [1.82, 2.24) is 4.90 Å². The van der Waals surface area contributed by atoms with Gasteiger partial charge < -0.3 is 9.47 Å². The van der Waals surface area contributed by atoms with Gasteiger partial charge in [-0.05, 0) is 35.1 Å². The lowest BCUT2D eigenvalue weighted by Gasteiger charge is -2.24. The third-order valence-electron chi connectivity index (χ3n) is 6.47. The van der Waals surface area contributed by atoms with Crippen molar-refractivity contribution in [3.05, 3.63) is 88.7 Å². The molecule has 1 amide bonds. The number of carbonyl (C=O) groups is 2. The molecule has 0 N–H and O–H groups in total. The standard InChI is InChI=1S/C26H18F5NO4/c27-19-20(28)22(30)24(23(31)21(19)29)36-25(33)18-10-5-11-32(18)26(34)35-12-17-15-8-3-1-6-13(15)14-7-2-4-9-16(14)17/h1-4,6-9,17-18H,5,10-12H2. The zero-order valence-corrected chi connectivity index (χ0v) is 18.6. The number of fused-ring (bicyclic) bond motifs is 3. The van der Waals surface area contributed by atoms with Gasteiger partial charge in [0.2, 0.25) is 34.8 Å². The zero-order valence-electron chi connectivity index (χ0n) is 18.6. The first-order valence-electron chi connectivity index (χ1n) is 11.1. The maximum absolute atomic E-state index is 13.9. The fourth-order valence-corrected chi connectivity index (χ4v) is 4.75. The summed E-state index contributed by atoms with van der Waals surface area (Å²) in [6, 6.07) is 14.1. The third-order valence-corrected chi connectivity index (χ3v) is 6.47. The van der Waals surface area contributed by atoms with Crippen LogP contribution >= 0.6 is 0 Å². The Bertz CT molecular complexity index is 1300. The molecule has 5 rings (SSSR count). The second kappa shape index (κ2) is 9.25.